The Balaban J connectivity index is 1.65. The van der Waals surface area contributed by atoms with E-state index in [4.69, 9.17) is 21.1 Å². The molecule has 1 atom stereocenters. The highest BCUT2D eigenvalue weighted by Crippen LogP contribution is 2.39. The molecule has 0 saturated heterocycles. The second kappa shape index (κ2) is 6.69. The predicted octanol–water partition coefficient (Wildman–Crippen LogP) is 2.56. The van der Waals surface area contributed by atoms with Gasteiger partial charge in [-0.1, -0.05) is 11.6 Å². The zero-order valence-electron chi connectivity index (χ0n) is 14.8. The van der Waals surface area contributed by atoms with Crippen LogP contribution < -0.4 is 19.1 Å². The third-order valence-electron chi connectivity index (χ3n) is 4.72. The fourth-order valence-electron chi connectivity index (χ4n) is 2.89. The van der Waals surface area contributed by atoms with Crippen molar-refractivity contribution < 1.29 is 18.5 Å². The van der Waals surface area contributed by atoms with Crippen molar-refractivity contribution in [3.05, 3.63) is 41.0 Å². The fourth-order valence-corrected chi connectivity index (χ4v) is 4.27. The summed E-state index contributed by atoms with van der Waals surface area (Å²) >= 11 is 6.04. The highest BCUT2D eigenvalue weighted by Gasteiger charge is 2.47. The number of rotatable bonds is 4. The molecule has 0 bridgehead atoms. The molecule has 9 heteroatoms. The summed E-state index contributed by atoms with van der Waals surface area (Å²) in [5, 5.41) is 3.46. The first-order chi connectivity index (χ1) is 12.9. The average Bonchev–Trinajstić information content (AvgIpc) is 3.46. The van der Waals surface area contributed by atoms with Gasteiger partial charge < -0.3 is 14.8 Å². The molecule has 7 nitrogen and oxygen atoms in total. The van der Waals surface area contributed by atoms with Gasteiger partial charge in [0.25, 0.3) is 5.91 Å². The number of hydrogen-bond acceptors (Lipinski definition) is 5. The Morgan fingerprint density at radius 1 is 1.37 bits per heavy atom. The number of halogens is 1. The van der Waals surface area contributed by atoms with Crippen molar-refractivity contribution in [2.75, 3.05) is 25.1 Å². The van der Waals surface area contributed by atoms with Crippen molar-refractivity contribution >= 4 is 34.2 Å². The summed E-state index contributed by atoms with van der Waals surface area (Å²) in [6, 6.07) is 6.56. The molecule has 1 aromatic carbocycles. The maximum atomic E-state index is 13.0. The summed E-state index contributed by atoms with van der Waals surface area (Å²) in [6.07, 6.45) is 3.34. The van der Waals surface area contributed by atoms with Gasteiger partial charge in [-0.2, -0.15) is 0 Å². The molecule has 1 unspecified atom stereocenters. The lowest BCUT2D eigenvalue weighted by atomic mass is 10.2. The zero-order valence-corrected chi connectivity index (χ0v) is 16.4. The van der Waals surface area contributed by atoms with E-state index in [2.05, 4.69) is 10.3 Å². The highest BCUT2D eigenvalue weighted by molar-refractivity contribution is 7.86. The monoisotopic (exact) mass is 407 g/mol. The summed E-state index contributed by atoms with van der Waals surface area (Å²) < 4.78 is 25.5. The molecule has 1 aliphatic heterocycles. The molecule has 1 spiro atoms. The number of nitrogens with one attached hydrogen (secondary N) is 1. The highest BCUT2D eigenvalue weighted by atomic mass is 35.5. The van der Waals surface area contributed by atoms with Crippen LogP contribution in [-0.4, -0.2) is 41.4 Å². The number of pyridine rings is 1. The standard InChI is InChI=1S/C18H18ClN3O4S/c1-22(27(24)15-7-11(19)3-4-14(15)25-2)12-8-13-16(23)21-18(5-6-18)10-26-17(13)20-9-12/h3-4,7-9H,5-6,10H2,1-2H3,(H,21,23). The van der Waals surface area contributed by atoms with Crippen LogP contribution >= 0.6 is 11.6 Å². The molecule has 1 fully saturated rings. The van der Waals surface area contributed by atoms with Gasteiger partial charge in [-0.15, -0.1) is 0 Å². The number of carbonyl (C=O) groups excluding carboxylic acids is 1. The van der Waals surface area contributed by atoms with Crippen molar-refractivity contribution in [2.24, 2.45) is 0 Å². The van der Waals surface area contributed by atoms with Crippen LogP contribution in [0, 0.1) is 0 Å². The van der Waals surface area contributed by atoms with Gasteiger partial charge in [0.15, 0.2) is 11.0 Å². The number of methoxy groups -OCH3 is 1. The van der Waals surface area contributed by atoms with Crippen LogP contribution in [0.3, 0.4) is 0 Å². The normalized spacial score (nSPS) is 18.0. The lowest BCUT2D eigenvalue weighted by Crippen LogP contribution is -2.38. The number of anilines is 1. The van der Waals surface area contributed by atoms with E-state index < -0.39 is 11.0 Å². The number of amides is 1. The van der Waals surface area contributed by atoms with E-state index in [1.54, 1.807) is 31.3 Å². The van der Waals surface area contributed by atoms with Crippen LogP contribution in [0.2, 0.25) is 5.02 Å². The second-order valence-corrected chi connectivity index (χ2v) is 8.53. The summed E-state index contributed by atoms with van der Waals surface area (Å²) in [5.41, 5.74) is 0.582. The Hall–Kier alpha value is -2.32. The maximum Gasteiger partial charge on any atom is 0.257 e. The minimum atomic E-state index is -1.61. The van der Waals surface area contributed by atoms with Gasteiger partial charge >= 0.3 is 0 Å². The summed E-state index contributed by atoms with van der Waals surface area (Å²) in [5.74, 6) is 0.525. The molecule has 2 heterocycles. The van der Waals surface area contributed by atoms with Crippen molar-refractivity contribution in [1.82, 2.24) is 10.3 Å². The summed E-state index contributed by atoms with van der Waals surface area (Å²) in [4.78, 5) is 17.3. The molecule has 1 N–H and O–H groups in total. The molecule has 4 rings (SSSR count). The Kier molecular flexibility index (Phi) is 4.47. The van der Waals surface area contributed by atoms with Gasteiger partial charge in [-0.25, -0.2) is 9.19 Å². The molecule has 2 aromatic rings. The summed E-state index contributed by atoms with van der Waals surface area (Å²) in [6.45, 7) is 0.416. The van der Waals surface area contributed by atoms with Crippen LogP contribution in [0.5, 0.6) is 11.6 Å². The van der Waals surface area contributed by atoms with Crippen LogP contribution in [0.4, 0.5) is 5.69 Å². The van der Waals surface area contributed by atoms with Gasteiger partial charge in [0.05, 0.1) is 24.5 Å². The van der Waals surface area contributed by atoms with Gasteiger partial charge in [0, 0.05) is 12.1 Å². The third kappa shape index (κ3) is 3.35. The molecule has 142 valence electrons. The largest absolute Gasteiger partial charge is 0.495 e. The first-order valence-electron chi connectivity index (χ1n) is 8.37. The number of ether oxygens (including phenoxy) is 2. The van der Waals surface area contributed by atoms with Crippen molar-refractivity contribution in [3.8, 4) is 11.6 Å². The first kappa shape index (κ1) is 18.1. The van der Waals surface area contributed by atoms with Gasteiger partial charge in [-0.3, -0.25) is 9.10 Å². The number of fused-ring (bicyclic) bond motifs is 1. The van der Waals surface area contributed by atoms with E-state index in [0.717, 1.165) is 12.8 Å². The van der Waals surface area contributed by atoms with E-state index >= 15 is 0 Å². The number of hydrogen-bond donors (Lipinski definition) is 1. The van der Waals surface area contributed by atoms with Gasteiger partial charge in [-0.05, 0) is 37.1 Å². The number of benzene rings is 1. The lowest BCUT2D eigenvalue weighted by molar-refractivity contribution is 0.0932. The SMILES string of the molecule is COc1ccc(Cl)cc1S(=O)N(C)c1cnc2c(c1)C(=O)NC1(CC1)CO2. The van der Waals surface area contributed by atoms with E-state index in [9.17, 15) is 9.00 Å². The lowest BCUT2D eigenvalue weighted by Gasteiger charge is -2.20. The van der Waals surface area contributed by atoms with Crippen LogP contribution in [0.15, 0.2) is 35.4 Å². The smallest absolute Gasteiger partial charge is 0.257 e. The molecule has 0 radical (unpaired) electrons. The third-order valence-corrected chi connectivity index (χ3v) is 6.36. The molecular formula is C18H18ClN3O4S. The zero-order chi connectivity index (χ0) is 19.2. The quantitative estimate of drug-likeness (QED) is 0.842. The van der Waals surface area contributed by atoms with Gasteiger partial charge in [0.2, 0.25) is 5.88 Å². The Bertz CT molecular complexity index is 948. The van der Waals surface area contributed by atoms with E-state index in [1.165, 1.54) is 17.6 Å². The van der Waals surface area contributed by atoms with E-state index in [0.29, 0.717) is 39.4 Å². The second-order valence-electron chi connectivity index (χ2n) is 6.61. The molecule has 1 aliphatic carbocycles. The van der Waals surface area contributed by atoms with Gasteiger partial charge in [0.1, 0.15) is 22.8 Å². The molecule has 1 aromatic heterocycles. The van der Waals surface area contributed by atoms with E-state index in [1.807, 2.05) is 0 Å². The van der Waals surface area contributed by atoms with Crippen molar-refractivity contribution in [1.29, 1.82) is 0 Å². The Morgan fingerprint density at radius 2 is 2.15 bits per heavy atom. The molecule has 2 aliphatic rings. The maximum absolute atomic E-state index is 13.0. The molecule has 27 heavy (non-hydrogen) atoms. The van der Waals surface area contributed by atoms with E-state index in [-0.39, 0.29) is 11.4 Å². The minimum Gasteiger partial charge on any atom is -0.495 e. The van der Waals surface area contributed by atoms with Crippen LogP contribution in [-0.2, 0) is 11.0 Å². The number of aromatic nitrogens is 1. The Morgan fingerprint density at radius 3 is 2.85 bits per heavy atom. The Labute approximate surface area is 164 Å². The predicted molar refractivity (Wildman–Crippen MR) is 102 cm³/mol. The van der Waals surface area contributed by atoms with Crippen LogP contribution in [0.1, 0.15) is 23.2 Å². The van der Waals surface area contributed by atoms with Crippen LogP contribution in [0.25, 0.3) is 0 Å². The summed E-state index contributed by atoms with van der Waals surface area (Å²) in [7, 11) is 1.54. The molecular weight excluding hydrogens is 390 g/mol. The van der Waals surface area contributed by atoms with Crippen molar-refractivity contribution in [3.63, 3.8) is 0 Å². The molecule has 1 amide bonds. The fraction of sp³-hybridized carbons (Fsp3) is 0.333. The van der Waals surface area contributed by atoms with Crippen molar-refractivity contribution in [2.45, 2.75) is 23.3 Å². The number of nitrogens with zero attached hydrogens (tertiary/aromatic N) is 2. The first-order valence-corrected chi connectivity index (χ1v) is 9.85. The number of carbonyl (C=O) groups is 1. The topological polar surface area (TPSA) is 80.8 Å². The molecule has 1 saturated carbocycles. The minimum absolute atomic E-state index is 0.228. The average molecular weight is 408 g/mol.